The van der Waals surface area contributed by atoms with Gasteiger partial charge in [0.2, 0.25) is 0 Å². The van der Waals surface area contributed by atoms with Crippen molar-refractivity contribution in [3.05, 3.63) is 30.7 Å². The van der Waals surface area contributed by atoms with Crippen molar-refractivity contribution in [2.24, 2.45) is 0 Å². The Labute approximate surface area is 124 Å². The molecule has 6 nitrogen and oxygen atoms in total. The van der Waals surface area contributed by atoms with Crippen molar-refractivity contribution in [2.45, 2.75) is 18.9 Å². The number of likely N-dealkylation sites (N-methyl/N-ethyl adjacent to an activating group) is 1. The van der Waals surface area contributed by atoms with Crippen molar-refractivity contribution in [1.82, 2.24) is 19.9 Å². The van der Waals surface area contributed by atoms with Gasteiger partial charge in [-0.25, -0.2) is 9.97 Å². The Balaban J connectivity index is 1.81. The average Bonchev–Trinajstić information content (AvgIpc) is 2.50. The maximum absolute atomic E-state index is 5.96. The molecule has 1 aliphatic rings. The summed E-state index contributed by atoms with van der Waals surface area (Å²) in [7, 11) is 2.10. The van der Waals surface area contributed by atoms with E-state index < -0.39 is 0 Å². The summed E-state index contributed by atoms with van der Waals surface area (Å²) in [6.07, 6.45) is 7.37. The molecule has 0 saturated carbocycles. The molecule has 6 heteroatoms. The minimum atomic E-state index is 0.119. The van der Waals surface area contributed by atoms with Crippen LogP contribution >= 0.6 is 0 Å². The molecule has 3 rings (SSSR count). The predicted octanol–water partition coefficient (Wildman–Crippen LogP) is 1.59. The van der Waals surface area contributed by atoms with Gasteiger partial charge in [0.15, 0.2) is 5.82 Å². The number of hydrogen-bond donors (Lipinski definition) is 1. The van der Waals surface area contributed by atoms with Crippen LogP contribution in [0.1, 0.15) is 12.8 Å². The lowest BCUT2D eigenvalue weighted by Gasteiger charge is -2.29. The second-order valence-electron chi connectivity index (χ2n) is 5.33. The van der Waals surface area contributed by atoms with Crippen molar-refractivity contribution in [1.29, 1.82) is 0 Å². The molecule has 1 aliphatic heterocycles. The van der Waals surface area contributed by atoms with E-state index in [1.807, 2.05) is 12.1 Å². The number of anilines is 1. The van der Waals surface area contributed by atoms with Crippen molar-refractivity contribution in [3.63, 3.8) is 0 Å². The SMILES string of the molecule is CN1CCCC(Oc2nc(-c3ccncc3)cnc2N)C1. The molecule has 1 atom stereocenters. The number of likely N-dealkylation sites (tertiary alicyclic amines) is 1. The van der Waals surface area contributed by atoms with Crippen LogP contribution in [0.25, 0.3) is 11.3 Å². The molecular weight excluding hydrogens is 266 g/mol. The third kappa shape index (κ3) is 3.28. The summed E-state index contributed by atoms with van der Waals surface area (Å²) in [5.41, 5.74) is 7.58. The normalized spacial score (nSPS) is 19.4. The quantitative estimate of drug-likeness (QED) is 0.923. The smallest absolute Gasteiger partial charge is 0.258 e. The molecule has 0 aliphatic carbocycles. The van der Waals surface area contributed by atoms with Crippen LogP contribution in [0.3, 0.4) is 0 Å². The van der Waals surface area contributed by atoms with E-state index in [1.54, 1.807) is 18.6 Å². The highest BCUT2D eigenvalue weighted by Crippen LogP contribution is 2.24. The Morgan fingerprint density at radius 2 is 2.14 bits per heavy atom. The first-order chi connectivity index (χ1) is 10.2. The largest absolute Gasteiger partial charge is 0.470 e. The van der Waals surface area contributed by atoms with Crippen molar-refractivity contribution >= 4 is 5.82 Å². The number of nitrogens with two attached hydrogens (primary N) is 1. The van der Waals surface area contributed by atoms with E-state index in [-0.39, 0.29) is 6.10 Å². The third-order valence-electron chi connectivity index (χ3n) is 3.60. The summed E-state index contributed by atoms with van der Waals surface area (Å²) in [6, 6.07) is 3.77. The zero-order chi connectivity index (χ0) is 14.7. The highest BCUT2D eigenvalue weighted by molar-refractivity contribution is 5.59. The van der Waals surface area contributed by atoms with Gasteiger partial charge in [-0.3, -0.25) is 4.98 Å². The van der Waals surface area contributed by atoms with Gasteiger partial charge in [-0.1, -0.05) is 0 Å². The monoisotopic (exact) mass is 285 g/mol. The van der Waals surface area contributed by atoms with Gasteiger partial charge in [-0.15, -0.1) is 0 Å². The van der Waals surface area contributed by atoms with Gasteiger partial charge >= 0.3 is 0 Å². The summed E-state index contributed by atoms with van der Waals surface area (Å²) in [4.78, 5) is 15.0. The molecule has 21 heavy (non-hydrogen) atoms. The van der Waals surface area contributed by atoms with Gasteiger partial charge in [-0.2, -0.15) is 0 Å². The Kier molecular flexibility index (Phi) is 3.96. The molecule has 2 aromatic heterocycles. The van der Waals surface area contributed by atoms with Gasteiger partial charge in [0, 0.05) is 24.5 Å². The Morgan fingerprint density at radius 1 is 1.33 bits per heavy atom. The van der Waals surface area contributed by atoms with Gasteiger partial charge in [0.25, 0.3) is 5.88 Å². The topological polar surface area (TPSA) is 77.2 Å². The lowest BCUT2D eigenvalue weighted by atomic mass is 10.1. The predicted molar refractivity (Wildman–Crippen MR) is 80.8 cm³/mol. The van der Waals surface area contributed by atoms with Gasteiger partial charge < -0.3 is 15.4 Å². The Morgan fingerprint density at radius 3 is 2.90 bits per heavy atom. The van der Waals surface area contributed by atoms with Crippen LogP contribution in [-0.4, -0.2) is 46.1 Å². The summed E-state index contributed by atoms with van der Waals surface area (Å²) in [5.74, 6) is 0.755. The number of rotatable bonds is 3. The van der Waals surface area contributed by atoms with Crippen LogP contribution in [0.2, 0.25) is 0 Å². The van der Waals surface area contributed by atoms with E-state index in [0.717, 1.165) is 37.2 Å². The average molecular weight is 285 g/mol. The number of nitrogens with zero attached hydrogens (tertiary/aromatic N) is 4. The third-order valence-corrected chi connectivity index (χ3v) is 3.60. The fourth-order valence-corrected chi connectivity index (χ4v) is 2.50. The second kappa shape index (κ2) is 6.05. The summed E-state index contributed by atoms with van der Waals surface area (Å²) in [6.45, 7) is 2.00. The second-order valence-corrected chi connectivity index (χ2v) is 5.33. The standard InChI is InChI=1S/C15H19N5O/c1-20-8-2-3-12(10-20)21-15-14(16)18-9-13(19-15)11-4-6-17-7-5-11/h4-7,9,12H,2-3,8,10H2,1H3,(H2,16,18). The number of pyridine rings is 1. The Hall–Kier alpha value is -2.21. The molecule has 0 aromatic carbocycles. The highest BCUT2D eigenvalue weighted by Gasteiger charge is 2.20. The fraction of sp³-hybridized carbons (Fsp3) is 0.400. The van der Waals surface area contributed by atoms with Crippen molar-refractivity contribution in [3.8, 4) is 17.1 Å². The Bertz CT molecular complexity index is 604. The molecule has 3 heterocycles. The summed E-state index contributed by atoms with van der Waals surface area (Å²) < 4.78 is 5.96. The zero-order valence-electron chi connectivity index (χ0n) is 12.1. The van der Waals surface area contributed by atoms with Crippen molar-refractivity contribution < 1.29 is 4.74 Å². The number of nitrogen functional groups attached to an aromatic ring is 1. The number of aromatic nitrogens is 3. The molecule has 0 amide bonds. The van der Waals surface area contributed by atoms with E-state index in [1.165, 1.54) is 0 Å². The number of hydrogen-bond acceptors (Lipinski definition) is 6. The zero-order valence-corrected chi connectivity index (χ0v) is 12.1. The molecule has 0 radical (unpaired) electrons. The fourth-order valence-electron chi connectivity index (χ4n) is 2.50. The van der Waals surface area contributed by atoms with Crippen LogP contribution in [0.4, 0.5) is 5.82 Å². The molecule has 2 aromatic rings. The molecule has 110 valence electrons. The van der Waals surface area contributed by atoms with Crippen LogP contribution in [0, 0.1) is 0 Å². The summed E-state index contributed by atoms with van der Waals surface area (Å²) in [5, 5.41) is 0. The molecule has 1 saturated heterocycles. The first kappa shape index (κ1) is 13.8. The maximum Gasteiger partial charge on any atom is 0.258 e. The van der Waals surface area contributed by atoms with E-state index in [4.69, 9.17) is 10.5 Å². The summed E-state index contributed by atoms with van der Waals surface area (Å²) >= 11 is 0. The van der Waals surface area contributed by atoms with Gasteiger partial charge in [0.05, 0.1) is 11.9 Å². The first-order valence-corrected chi connectivity index (χ1v) is 7.10. The van der Waals surface area contributed by atoms with E-state index in [0.29, 0.717) is 11.7 Å². The van der Waals surface area contributed by atoms with Crippen LogP contribution < -0.4 is 10.5 Å². The van der Waals surface area contributed by atoms with E-state index in [2.05, 4.69) is 26.9 Å². The highest BCUT2D eigenvalue weighted by atomic mass is 16.5. The van der Waals surface area contributed by atoms with Crippen LogP contribution in [0.15, 0.2) is 30.7 Å². The number of ether oxygens (including phenoxy) is 1. The molecular formula is C15H19N5O. The lowest BCUT2D eigenvalue weighted by molar-refractivity contribution is 0.101. The maximum atomic E-state index is 5.96. The minimum Gasteiger partial charge on any atom is -0.470 e. The molecule has 0 spiro atoms. The first-order valence-electron chi connectivity index (χ1n) is 7.10. The lowest BCUT2D eigenvalue weighted by Crippen LogP contribution is -2.38. The van der Waals surface area contributed by atoms with Gasteiger partial charge in [0.1, 0.15) is 6.10 Å². The van der Waals surface area contributed by atoms with E-state index in [9.17, 15) is 0 Å². The number of piperidine rings is 1. The minimum absolute atomic E-state index is 0.119. The molecule has 1 fully saturated rings. The van der Waals surface area contributed by atoms with Crippen molar-refractivity contribution in [2.75, 3.05) is 25.9 Å². The molecule has 0 bridgehead atoms. The molecule has 2 N–H and O–H groups in total. The van der Waals surface area contributed by atoms with Crippen LogP contribution in [-0.2, 0) is 0 Å². The van der Waals surface area contributed by atoms with Crippen LogP contribution in [0.5, 0.6) is 5.88 Å². The van der Waals surface area contributed by atoms with Gasteiger partial charge in [-0.05, 0) is 38.6 Å². The molecule has 1 unspecified atom stereocenters. The van der Waals surface area contributed by atoms with E-state index >= 15 is 0 Å².